The number of halogens is 1. The normalized spacial score (nSPS) is 11.6. The SMILES string of the molecule is COc1cccc2c(NCC(O)CO)cc(-c3ccccc3)nc12.Cl. The van der Waals surface area contributed by atoms with Crippen molar-refractivity contribution in [3.63, 3.8) is 0 Å². The first-order valence-electron chi connectivity index (χ1n) is 7.79. The predicted octanol–water partition coefficient (Wildman–Crippen LogP) is 3.10. The molecule has 0 aliphatic rings. The molecule has 25 heavy (non-hydrogen) atoms. The van der Waals surface area contributed by atoms with E-state index in [-0.39, 0.29) is 25.6 Å². The number of methoxy groups -OCH3 is 1. The van der Waals surface area contributed by atoms with Crippen LogP contribution in [-0.4, -0.2) is 41.6 Å². The minimum atomic E-state index is -0.820. The van der Waals surface area contributed by atoms with Crippen molar-refractivity contribution in [3.05, 3.63) is 54.6 Å². The molecular formula is C19H21ClN2O3. The summed E-state index contributed by atoms with van der Waals surface area (Å²) in [6, 6.07) is 17.6. The lowest BCUT2D eigenvalue weighted by molar-refractivity contribution is 0.105. The van der Waals surface area contributed by atoms with Crippen molar-refractivity contribution in [3.8, 4) is 17.0 Å². The lowest BCUT2D eigenvalue weighted by Gasteiger charge is -2.15. The summed E-state index contributed by atoms with van der Waals surface area (Å²) < 4.78 is 5.44. The Kier molecular flexibility index (Phi) is 6.58. The quantitative estimate of drug-likeness (QED) is 0.630. The average Bonchev–Trinajstić information content (AvgIpc) is 2.65. The summed E-state index contributed by atoms with van der Waals surface area (Å²) in [7, 11) is 1.62. The van der Waals surface area contributed by atoms with Gasteiger partial charge in [-0.05, 0) is 12.1 Å². The van der Waals surface area contributed by atoms with Gasteiger partial charge in [-0.15, -0.1) is 12.4 Å². The molecule has 6 heteroatoms. The maximum Gasteiger partial charge on any atom is 0.145 e. The van der Waals surface area contributed by atoms with Crippen LogP contribution in [0, 0.1) is 0 Å². The van der Waals surface area contributed by atoms with E-state index in [2.05, 4.69) is 5.32 Å². The molecule has 3 aromatic rings. The van der Waals surface area contributed by atoms with Crippen LogP contribution >= 0.6 is 12.4 Å². The molecule has 2 aromatic carbocycles. The van der Waals surface area contributed by atoms with Gasteiger partial charge in [0.15, 0.2) is 0 Å². The average molecular weight is 361 g/mol. The van der Waals surface area contributed by atoms with Gasteiger partial charge in [-0.3, -0.25) is 0 Å². The number of nitrogens with one attached hydrogen (secondary N) is 1. The molecule has 0 saturated carbocycles. The van der Waals surface area contributed by atoms with Crippen LogP contribution in [-0.2, 0) is 0 Å². The number of ether oxygens (including phenoxy) is 1. The highest BCUT2D eigenvalue weighted by molar-refractivity contribution is 5.97. The molecule has 0 aliphatic carbocycles. The molecule has 1 atom stereocenters. The Labute approximate surface area is 152 Å². The van der Waals surface area contributed by atoms with Gasteiger partial charge < -0.3 is 20.3 Å². The number of hydrogen-bond acceptors (Lipinski definition) is 5. The molecule has 0 saturated heterocycles. The van der Waals surface area contributed by atoms with Crippen molar-refractivity contribution in [1.82, 2.24) is 4.98 Å². The van der Waals surface area contributed by atoms with Gasteiger partial charge in [0.05, 0.1) is 25.5 Å². The monoisotopic (exact) mass is 360 g/mol. The smallest absolute Gasteiger partial charge is 0.145 e. The predicted molar refractivity (Wildman–Crippen MR) is 103 cm³/mol. The van der Waals surface area contributed by atoms with Crippen LogP contribution in [0.25, 0.3) is 22.2 Å². The number of aliphatic hydroxyl groups is 2. The van der Waals surface area contributed by atoms with Crippen molar-refractivity contribution in [2.75, 3.05) is 25.6 Å². The van der Waals surface area contributed by atoms with E-state index in [0.29, 0.717) is 5.75 Å². The third kappa shape index (κ3) is 4.20. The summed E-state index contributed by atoms with van der Waals surface area (Å²) in [6.45, 7) is -0.0358. The number of benzene rings is 2. The molecule has 3 rings (SSSR count). The lowest BCUT2D eigenvalue weighted by atomic mass is 10.1. The Balaban J connectivity index is 0.00000225. The van der Waals surface area contributed by atoms with Gasteiger partial charge in [0.1, 0.15) is 11.3 Å². The number of nitrogens with zero attached hydrogens (tertiary/aromatic N) is 1. The van der Waals surface area contributed by atoms with E-state index in [9.17, 15) is 5.11 Å². The molecule has 1 heterocycles. The van der Waals surface area contributed by atoms with Crippen molar-refractivity contribution >= 4 is 29.0 Å². The summed E-state index contributed by atoms with van der Waals surface area (Å²) in [5.41, 5.74) is 3.40. The summed E-state index contributed by atoms with van der Waals surface area (Å²) >= 11 is 0. The van der Waals surface area contributed by atoms with Crippen LogP contribution in [0.2, 0.25) is 0 Å². The molecule has 0 radical (unpaired) electrons. The van der Waals surface area contributed by atoms with Crippen molar-refractivity contribution in [2.45, 2.75) is 6.10 Å². The topological polar surface area (TPSA) is 74.6 Å². The van der Waals surface area contributed by atoms with Gasteiger partial charge in [-0.25, -0.2) is 4.98 Å². The van der Waals surface area contributed by atoms with Crippen LogP contribution in [0.15, 0.2) is 54.6 Å². The third-order valence-electron chi connectivity index (χ3n) is 3.83. The van der Waals surface area contributed by atoms with Gasteiger partial charge in [-0.2, -0.15) is 0 Å². The molecule has 0 fully saturated rings. The van der Waals surface area contributed by atoms with E-state index in [0.717, 1.165) is 27.8 Å². The van der Waals surface area contributed by atoms with Crippen LogP contribution in [0.4, 0.5) is 5.69 Å². The van der Waals surface area contributed by atoms with E-state index in [1.54, 1.807) is 7.11 Å². The number of para-hydroxylation sites is 1. The molecule has 3 N–H and O–H groups in total. The number of fused-ring (bicyclic) bond motifs is 1. The molecule has 1 aromatic heterocycles. The molecule has 5 nitrogen and oxygen atoms in total. The summed E-state index contributed by atoms with van der Waals surface area (Å²) in [4.78, 5) is 4.75. The Morgan fingerprint density at radius 3 is 2.56 bits per heavy atom. The minimum absolute atomic E-state index is 0. The Hall–Kier alpha value is -2.34. The first kappa shape index (κ1) is 19.0. The fourth-order valence-electron chi connectivity index (χ4n) is 2.58. The fourth-order valence-corrected chi connectivity index (χ4v) is 2.58. The van der Waals surface area contributed by atoms with Crippen molar-refractivity contribution in [1.29, 1.82) is 0 Å². The molecule has 1 unspecified atom stereocenters. The molecule has 0 amide bonds. The molecule has 0 bridgehead atoms. The Morgan fingerprint density at radius 2 is 1.88 bits per heavy atom. The first-order chi connectivity index (χ1) is 11.7. The minimum Gasteiger partial charge on any atom is -0.494 e. The number of aliphatic hydroxyl groups excluding tert-OH is 2. The largest absolute Gasteiger partial charge is 0.494 e. The Morgan fingerprint density at radius 1 is 1.12 bits per heavy atom. The van der Waals surface area contributed by atoms with Gasteiger partial charge in [0, 0.05) is 23.2 Å². The second kappa shape index (κ2) is 8.67. The summed E-state index contributed by atoms with van der Waals surface area (Å²) in [5.74, 6) is 0.691. The first-order valence-corrected chi connectivity index (χ1v) is 7.79. The van der Waals surface area contributed by atoms with E-state index < -0.39 is 6.10 Å². The zero-order valence-electron chi connectivity index (χ0n) is 13.8. The van der Waals surface area contributed by atoms with E-state index in [1.807, 2.05) is 54.6 Å². The third-order valence-corrected chi connectivity index (χ3v) is 3.83. The molecular weight excluding hydrogens is 340 g/mol. The maximum absolute atomic E-state index is 9.63. The highest BCUT2D eigenvalue weighted by atomic mass is 35.5. The summed E-state index contributed by atoms with van der Waals surface area (Å²) in [5, 5.41) is 22.7. The standard InChI is InChI=1S/C19H20N2O3.ClH/c1-24-18-9-5-8-15-17(20-11-14(23)12-22)10-16(21-19(15)18)13-6-3-2-4-7-13;/h2-10,14,22-23H,11-12H2,1H3,(H,20,21);1H. The number of rotatable bonds is 6. The maximum atomic E-state index is 9.63. The van der Waals surface area contributed by atoms with Crippen LogP contribution in [0.5, 0.6) is 5.75 Å². The van der Waals surface area contributed by atoms with E-state index in [1.165, 1.54) is 0 Å². The number of anilines is 1. The molecule has 132 valence electrons. The second-order valence-electron chi connectivity index (χ2n) is 5.49. The van der Waals surface area contributed by atoms with Crippen LogP contribution < -0.4 is 10.1 Å². The number of pyridine rings is 1. The second-order valence-corrected chi connectivity index (χ2v) is 5.49. The van der Waals surface area contributed by atoms with Crippen LogP contribution in [0.1, 0.15) is 0 Å². The summed E-state index contributed by atoms with van der Waals surface area (Å²) in [6.07, 6.45) is -0.820. The van der Waals surface area contributed by atoms with E-state index >= 15 is 0 Å². The number of hydrogen-bond donors (Lipinski definition) is 3. The van der Waals surface area contributed by atoms with Crippen molar-refractivity contribution in [2.24, 2.45) is 0 Å². The highest BCUT2D eigenvalue weighted by Crippen LogP contribution is 2.33. The van der Waals surface area contributed by atoms with Gasteiger partial charge in [0.2, 0.25) is 0 Å². The highest BCUT2D eigenvalue weighted by Gasteiger charge is 2.12. The van der Waals surface area contributed by atoms with Gasteiger partial charge in [-0.1, -0.05) is 42.5 Å². The van der Waals surface area contributed by atoms with E-state index in [4.69, 9.17) is 14.8 Å². The molecule has 0 spiro atoms. The lowest BCUT2D eigenvalue weighted by Crippen LogP contribution is -2.23. The van der Waals surface area contributed by atoms with Crippen molar-refractivity contribution < 1.29 is 14.9 Å². The van der Waals surface area contributed by atoms with Gasteiger partial charge in [0.25, 0.3) is 0 Å². The zero-order valence-corrected chi connectivity index (χ0v) is 14.7. The van der Waals surface area contributed by atoms with Crippen LogP contribution in [0.3, 0.4) is 0 Å². The zero-order chi connectivity index (χ0) is 16.9. The Bertz CT molecular complexity index is 828. The fraction of sp³-hybridized carbons (Fsp3) is 0.211. The number of aromatic nitrogens is 1. The molecule has 0 aliphatic heterocycles. The van der Waals surface area contributed by atoms with Gasteiger partial charge >= 0.3 is 0 Å².